The van der Waals surface area contributed by atoms with Crippen LogP contribution in [-0.2, 0) is 16.1 Å². The van der Waals surface area contributed by atoms with Crippen molar-refractivity contribution in [2.75, 3.05) is 18.2 Å². The Balaban J connectivity index is 1.81. The zero-order chi connectivity index (χ0) is 15.9. The van der Waals surface area contributed by atoms with Crippen molar-refractivity contribution in [1.29, 1.82) is 0 Å². The van der Waals surface area contributed by atoms with E-state index in [-0.39, 0.29) is 17.9 Å². The van der Waals surface area contributed by atoms with Gasteiger partial charge in [-0.2, -0.15) is 5.10 Å². The molecular formula is C14H23N5O2S. The molecule has 1 unspecified atom stereocenters. The van der Waals surface area contributed by atoms with E-state index in [4.69, 9.17) is 0 Å². The first-order valence-electron chi connectivity index (χ1n) is 7.55. The second kappa shape index (κ2) is 8.17. The fourth-order valence-electron chi connectivity index (χ4n) is 2.21. The van der Waals surface area contributed by atoms with Crippen LogP contribution in [-0.4, -0.2) is 55.7 Å². The molecule has 1 aliphatic rings. The molecule has 1 saturated heterocycles. The molecule has 0 aliphatic carbocycles. The van der Waals surface area contributed by atoms with Crippen LogP contribution in [0.15, 0.2) is 12.7 Å². The zero-order valence-electron chi connectivity index (χ0n) is 13.1. The van der Waals surface area contributed by atoms with Crippen molar-refractivity contribution >= 4 is 23.6 Å². The molecule has 1 aromatic heterocycles. The van der Waals surface area contributed by atoms with Gasteiger partial charge in [-0.05, 0) is 12.3 Å². The number of hydrogen-bond acceptors (Lipinski definition) is 5. The first-order chi connectivity index (χ1) is 10.6. The fraction of sp³-hybridized carbons (Fsp3) is 0.714. The highest BCUT2D eigenvalue weighted by Crippen LogP contribution is 2.22. The highest BCUT2D eigenvalue weighted by Gasteiger charge is 2.34. The van der Waals surface area contributed by atoms with Crippen LogP contribution in [0.4, 0.5) is 0 Å². The first kappa shape index (κ1) is 16.8. The molecule has 8 heteroatoms. The Bertz CT molecular complexity index is 491. The van der Waals surface area contributed by atoms with Gasteiger partial charge < -0.3 is 10.2 Å². The number of thioether (sulfide) groups is 1. The monoisotopic (exact) mass is 325 g/mol. The summed E-state index contributed by atoms with van der Waals surface area (Å²) >= 11 is 1.62. The highest BCUT2D eigenvalue weighted by atomic mass is 32.2. The lowest BCUT2D eigenvalue weighted by molar-refractivity contribution is -0.138. The summed E-state index contributed by atoms with van der Waals surface area (Å²) in [6.45, 7) is 5.40. The molecule has 0 spiro atoms. The summed E-state index contributed by atoms with van der Waals surface area (Å²) in [5.41, 5.74) is 0. The highest BCUT2D eigenvalue weighted by molar-refractivity contribution is 7.99. The molecule has 1 aromatic rings. The third-order valence-electron chi connectivity index (χ3n) is 3.55. The van der Waals surface area contributed by atoms with Crippen LogP contribution >= 0.6 is 11.8 Å². The number of amides is 2. The quantitative estimate of drug-likeness (QED) is 0.799. The van der Waals surface area contributed by atoms with Crippen LogP contribution in [0.25, 0.3) is 0 Å². The second-order valence-corrected chi connectivity index (χ2v) is 6.76. The fourth-order valence-corrected chi connectivity index (χ4v) is 3.39. The molecule has 0 aromatic carbocycles. The smallest absolute Gasteiger partial charge is 0.243 e. The van der Waals surface area contributed by atoms with E-state index < -0.39 is 0 Å². The maximum absolute atomic E-state index is 12.3. The topological polar surface area (TPSA) is 80.1 Å². The van der Waals surface area contributed by atoms with Crippen molar-refractivity contribution in [2.24, 2.45) is 5.92 Å². The van der Waals surface area contributed by atoms with Crippen LogP contribution in [0.2, 0.25) is 0 Å². The average molecular weight is 325 g/mol. The summed E-state index contributed by atoms with van der Waals surface area (Å²) in [5, 5.41) is 6.91. The Morgan fingerprint density at radius 2 is 2.27 bits per heavy atom. The minimum absolute atomic E-state index is 0.00971. The lowest BCUT2D eigenvalue weighted by Crippen LogP contribution is -2.47. The maximum atomic E-state index is 12.3. The van der Waals surface area contributed by atoms with Gasteiger partial charge in [-0.3, -0.25) is 14.3 Å². The Labute approximate surface area is 134 Å². The molecule has 22 heavy (non-hydrogen) atoms. The van der Waals surface area contributed by atoms with Crippen LogP contribution in [0.1, 0.15) is 26.7 Å². The number of aromatic nitrogens is 3. The summed E-state index contributed by atoms with van der Waals surface area (Å²) < 4.78 is 1.62. The van der Waals surface area contributed by atoms with E-state index in [0.29, 0.717) is 37.1 Å². The minimum Gasteiger partial charge on any atom is -0.354 e. The van der Waals surface area contributed by atoms with Gasteiger partial charge in [0.2, 0.25) is 11.8 Å². The van der Waals surface area contributed by atoms with E-state index in [1.165, 1.54) is 6.33 Å². The molecule has 2 amide bonds. The number of hydrogen-bond donors (Lipinski definition) is 1. The largest absolute Gasteiger partial charge is 0.354 e. The normalized spacial score (nSPS) is 18.0. The molecule has 1 aliphatic heterocycles. The molecular weight excluding hydrogens is 302 g/mol. The van der Waals surface area contributed by atoms with Gasteiger partial charge in [-0.25, -0.2) is 4.98 Å². The molecule has 0 radical (unpaired) electrons. The van der Waals surface area contributed by atoms with Gasteiger partial charge in [0.05, 0.1) is 12.4 Å². The van der Waals surface area contributed by atoms with E-state index >= 15 is 0 Å². The van der Waals surface area contributed by atoms with Crippen molar-refractivity contribution in [3.63, 3.8) is 0 Å². The van der Waals surface area contributed by atoms with Gasteiger partial charge in [-0.1, -0.05) is 13.8 Å². The molecule has 7 nitrogen and oxygen atoms in total. The van der Waals surface area contributed by atoms with E-state index in [2.05, 4.69) is 29.2 Å². The molecule has 122 valence electrons. The summed E-state index contributed by atoms with van der Waals surface area (Å²) in [6, 6.07) is -0.347. The minimum atomic E-state index is -0.347. The van der Waals surface area contributed by atoms with Gasteiger partial charge >= 0.3 is 0 Å². The van der Waals surface area contributed by atoms with Gasteiger partial charge in [0, 0.05) is 18.7 Å². The van der Waals surface area contributed by atoms with Crippen LogP contribution < -0.4 is 5.32 Å². The second-order valence-electron chi connectivity index (χ2n) is 5.76. The van der Waals surface area contributed by atoms with Gasteiger partial charge in [0.15, 0.2) is 0 Å². The van der Waals surface area contributed by atoms with Crippen molar-refractivity contribution in [1.82, 2.24) is 25.0 Å². The lowest BCUT2D eigenvalue weighted by Gasteiger charge is -2.23. The third kappa shape index (κ3) is 4.72. The summed E-state index contributed by atoms with van der Waals surface area (Å²) in [5.74, 6) is 1.75. The number of nitrogens with zero attached hydrogens (tertiary/aromatic N) is 4. The first-order valence-corrected chi connectivity index (χ1v) is 8.70. The van der Waals surface area contributed by atoms with E-state index in [0.717, 1.165) is 6.42 Å². The van der Waals surface area contributed by atoms with Crippen molar-refractivity contribution in [3.8, 4) is 0 Å². The molecule has 1 N–H and O–H groups in total. The van der Waals surface area contributed by atoms with E-state index in [1.807, 2.05) is 0 Å². The maximum Gasteiger partial charge on any atom is 0.243 e. The predicted octanol–water partition coefficient (Wildman–Crippen LogP) is 0.732. The summed E-state index contributed by atoms with van der Waals surface area (Å²) in [7, 11) is 0. The summed E-state index contributed by atoms with van der Waals surface area (Å²) in [4.78, 5) is 30.1. The van der Waals surface area contributed by atoms with Crippen LogP contribution in [0.3, 0.4) is 0 Å². The van der Waals surface area contributed by atoms with Crippen LogP contribution in [0, 0.1) is 5.92 Å². The Kier molecular flexibility index (Phi) is 6.23. The molecule has 0 saturated carbocycles. The molecule has 1 atom stereocenters. The van der Waals surface area contributed by atoms with Gasteiger partial charge in [0.25, 0.3) is 0 Å². The lowest BCUT2D eigenvalue weighted by atomic mass is 10.1. The summed E-state index contributed by atoms with van der Waals surface area (Å²) in [6.07, 6.45) is 4.31. The zero-order valence-corrected chi connectivity index (χ0v) is 13.9. The van der Waals surface area contributed by atoms with Crippen molar-refractivity contribution < 1.29 is 9.59 Å². The number of nitrogens with one attached hydrogen (secondary N) is 1. The van der Waals surface area contributed by atoms with Crippen molar-refractivity contribution in [2.45, 2.75) is 39.3 Å². The SMILES string of the molecule is CC(C)CCNC(=O)C1CSCN1C(=O)CCn1cncn1. The number of aryl methyl sites for hydroxylation is 1. The standard InChI is InChI=1S/C14H23N5O2S/c1-11(2)3-5-16-14(21)12-7-22-10-19(12)13(20)4-6-18-9-15-8-17-18/h8-9,11-12H,3-7,10H2,1-2H3,(H,16,21). The van der Waals surface area contributed by atoms with Gasteiger partial charge in [0.1, 0.15) is 18.7 Å². The van der Waals surface area contributed by atoms with Gasteiger partial charge in [-0.15, -0.1) is 11.8 Å². The molecule has 1 fully saturated rings. The molecule has 0 bridgehead atoms. The van der Waals surface area contributed by atoms with E-state index in [1.54, 1.807) is 27.7 Å². The number of rotatable bonds is 7. The predicted molar refractivity (Wildman–Crippen MR) is 85.1 cm³/mol. The molecule has 2 heterocycles. The average Bonchev–Trinajstić information content (AvgIpc) is 3.15. The Morgan fingerprint density at radius 3 is 2.95 bits per heavy atom. The Hall–Kier alpha value is -1.57. The number of carbonyl (C=O) groups is 2. The van der Waals surface area contributed by atoms with Crippen LogP contribution in [0.5, 0.6) is 0 Å². The van der Waals surface area contributed by atoms with E-state index in [9.17, 15) is 9.59 Å². The molecule has 2 rings (SSSR count). The number of carbonyl (C=O) groups excluding carboxylic acids is 2. The third-order valence-corrected chi connectivity index (χ3v) is 4.56. The Morgan fingerprint density at radius 1 is 1.45 bits per heavy atom. The van der Waals surface area contributed by atoms with Crippen molar-refractivity contribution in [3.05, 3.63) is 12.7 Å².